The standard InChI is InChI=1S/C19H25N3O8S/c1-19(2,3)9-13-12(17(24)25)5-4-6-15(13)29-31(27,28)30-22-11-7-8-14(16(20)23)21(10-11)18(22)26/h4-6,11,14H,7-10H2,1-3H3,(H2,20,23)(H,24,25)/t11-,14+/m1/s1. The number of amides is 3. The number of nitrogens with two attached hydrogens (primary N) is 1. The van der Waals surface area contributed by atoms with Crippen molar-refractivity contribution in [3.63, 3.8) is 0 Å². The molecule has 1 aromatic rings. The van der Waals surface area contributed by atoms with Crippen LogP contribution < -0.4 is 9.92 Å². The number of hydrogen-bond acceptors (Lipinski definition) is 7. The maximum absolute atomic E-state index is 12.6. The summed E-state index contributed by atoms with van der Waals surface area (Å²) in [6.45, 7) is 5.71. The molecule has 0 aromatic heterocycles. The van der Waals surface area contributed by atoms with E-state index in [9.17, 15) is 27.9 Å². The molecule has 0 spiro atoms. The van der Waals surface area contributed by atoms with Gasteiger partial charge in [-0.1, -0.05) is 26.8 Å². The molecule has 11 nitrogen and oxygen atoms in total. The van der Waals surface area contributed by atoms with Crippen molar-refractivity contribution in [3.8, 4) is 5.75 Å². The van der Waals surface area contributed by atoms with Crippen molar-refractivity contribution in [2.24, 2.45) is 11.1 Å². The lowest BCUT2D eigenvalue weighted by atomic mass is 9.86. The topological polar surface area (TPSA) is 157 Å². The Labute approximate surface area is 180 Å². The van der Waals surface area contributed by atoms with E-state index in [1.165, 1.54) is 23.1 Å². The molecule has 2 bridgehead atoms. The molecule has 3 N–H and O–H groups in total. The minimum atomic E-state index is -4.78. The summed E-state index contributed by atoms with van der Waals surface area (Å²) in [5.74, 6) is -2.10. The molecule has 2 fully saturated rings. The minimum absolute atomic E-state index is 0.0915. The first-order chi connectivity index (χ1) is 14.3. The summed E-state index contributed by atoms with van der Waals surface area (Å²) in [5, 5.41) is 10.2. The van der Waals surface area contributed by atoms with E-state index in [-0.39, 0.29) is 35.3 Å². The van der Waals surface area contributed by atoms with Gasteiger partial charge in [0.15, 0.2) is 0 Å². The molecular formula is C19H25N3O8S. The Balaban J connectivity index is 1.85. The second kappa shape index (κ2) is 8.00. The molecule has 0 radical (unpaired) electrons. The Hall–Kier alpha value is -2.86. The number of carboxylic acid groups (broad SMARTS) is 1. The van der Waals surface area contributed by atoms with Crippen LogP contribution in [-0.4, -0.2) is 60.0 Å². The minimum Gasteiger partial charge on any atom is -0.478 e. The molecule has 1 aromatic carbocycles. The lowest BCUT2D eigenvalue weighted by Crippen LogP contribution is -2.47. The van der Waals surface area contributed by atoms with Gasteiger partial charge in [-0.3, -0.25) is 4.79 Å². The SMILES string of the molecule is CC(C)(C)Cc1c(OS(=O)(=O)ON2C(=O)N3C[C@H]2CC[C@H]3C(N)=O)cccc1C(=O)O. The Morgan fingerprint density at radius 2 is 1.94 bits per heavy atom. The molecule has 2 aliphatic rings. The molecule has 0 unspecified atom stereocenters. The number of fused-ring (bicyclic) bond motifs is 2. The number of carbonyl (C=O) groups excluding carboxylic acids is 2. The quantitative estimate of drug-likeness (QED) is 0.623. The van der Waals surface area contributed by atoms with Crippen molar-refractivity contribution in [3.05, 3.63) is 29.3 Å². The smallest absolute Gasteiger partial charge is 0.470 e. The first kappa shape index (κ1) is 22.8. The normalized spacial score (nSPS) is 21.3. The van der Waals surface area contributed by atoms with E-state index < -0.39 is 40.4 Å². The number of benzene rings is 1. The van der Waals surface area contributed by atoms with E-state index in [1.807, 2.05) is 20.8 Å². The largest absolute Gasteiger partial charge is 0.478 e. The van der Waals surface area contributed by atoms with Crippen molar-refractivity contribution < 1.29 is 36.4 Å². The molecule has 0 aliphatic carbocycles. The van der Waals surface area contributed by atoms with E-state index in [2.05, 4.69) is 0 Å². The van der Waals surface area contributed by atoms with E-state index >= 15 is 0 Å². The number of urea groups is 1. The summed E-state index contributed by atoms with van der Waals surface area (Å²) >= 11 is 0. The molecule has 2 aliphatic heterocycles. The van der Waals surface area contributed by atoms with Crippen LogP contribution >= 0.6 is 0 Å². The maximum atomic E-state index is 12.6. The number of primary amides is 1. The van der Waals surface area contributed by atoms with Gasteiger partial charge in [0, 0.05) is 12.1 Å². The van der Waals surface area contributed by atoms with Gasteiger partial charge in [0.2, 0.25) is 5.91 Å². The van der Waals surface area contributed by atoms with Gasteiger partial charge in [0.25, 0.3) is 0 Å². The molecule has 31 heavy (non-hydrogen) atoms. The fourth-order valence-electron chi connectivity index (χ4n) is 3.81. The predicted molar refractivity (Wildman–Crippen MR) is 107 cm³/mol. The van der Waals surface area contributed by atoms with Crippen LogP contribution in [0.25, 0.3) is 0 Å². The molecule has 3 amide bonds. The average molecular weight is 455 g/mol. The number of piperidine rings is 1. The summed E-state index contributed by atoms with van der Waals surface area (Å²) in [7, 11) is -4.78. The van der Waals surface area contributed by atoms with Crippen molar-refractivity contribution in [1.82, 2.24) is 9.96 Å². The number of hydrogen-bond donors (Lipinski definition) is 2. The van der Waals surface area contributed by atoms with Crippen LogP contribution in [-0.2, 0) is 25.9 Å². The van der Waals surface area contributed by atoms with Crippen LogP contribution in [0.2, 0.25) is 0 Å². The Morgan fingerprint density at radius 1 is 1.26 bits per heavy atom. The van der Waals surface area contributed by atoms with Crippen LogP contribution in [0.1, 0.15) is 49.5 Å². The van der Waals surface area contributed by atoms with Gasteiger partial charge in [0.05, 0.1) is 11.6 Å². The summed E-state index contributed by atoms with van der Waals surface area (Å²) in [5.41, 5.74) is 5.05. The summed E-state index contributed by atoms with van der Waals surface area (Å²) in [6.07, 6.45) is 0.845. The number of nitrogens with zero attached hydrogens (tertiary/aromatic N) is 2. The molecule has 2 heterocycles. The van der Waals surface area contributed by atoms with E-state index in [0.717, 1.165) is 0 Å². The molecule has 3 rings (SSSR count). The lowest BCUT2D eigenvalue weighted by molar-refractivity contribution is -0.122. The second-order valence-corrected chi connectivity index (χ2v) is 9.93. The van der Waals surface area contributed by atoms with Crippen molar-refractivity contribution in [2.75, 3.05) is 6.54 Å². The van der Waals surface area contributed by atoms with Gasteiger partial charge in [0.1, 0.15) is 11.8 Å². The van der Waals surface area contributed by atoms with Gasteiger partial charge >= 0.3 is 22.4 Å². The number of hydroxylamine groups is 2. The van der Waals surface area contributed by atoms with Gasteiger partial charge in [-0.15, -0.1) is 4.28 Å². The predicted octanol–water partition coefficient (Wildman–Crippen LogP) is 1.28. The molecule has 2 saturated heterocycles. The van der Waals surface area contributed by atoms with Crippen LogP contribution in [0.4, 0.5) is 4.79 Å². The average Bonchev–Trinajstić information content (AvgIpc) is 2.85. The molecule has 12 heteroatoms. The third kappa shape index (κ3) is 4.90. The van der Waals surface area contributed by atoms with E-state index in [0.29, 0.717) is 17.9 Å². The maximum Gasteiger partial charge on any atom is 0.470 e. The van der Waals surface area contributed by atoms with Gasteiger partial charge in [-0.05, 0) is 36.8 Å². The zero-order valence-electron chi connectivity index (χ0n) is 17.4. The Kier molecular flexibility index (Phi) is 5.89. The highest BCUT2D eigenvalue weighted by Gasteiger charge is 2.49. The monoisotopic (exact) mass is 455 g/mol. The number of carboxylic acids is 1. The van der Waals surface area contributed by atoms with Gasteiger partial charge < -0.3 is 19.9 Å². The molecule has 2 atom stereocenters. The first-order valence-electron chi connectivity index (χ1n) is 9.67. The zero-order chi connectivity index (χ0) is 23.1. The van der Waals surface area contributed by atoms with Crippen molar-refractivity contribution in [2.45, 2.75) is 52.1 Å². The molecule has 0 saturated carbocycles. The zero-order valence-corrected chi connectivity index (χ0v) is 18.2. The number of carbonyl (C=O) groups is 3. The lowest BCUT2D eigenvalue weighted by Gasteiger charge is -2.27. The van der Waals surface area contributed by atoms with Crippen molar-refractivity contribution >= 4 is 28.3 Å². The van der Waals surface area contributed by atoms with Crippen LogP contribution in [0.5, 0.6) is 5.75 Å². The summed E-state index contributed by atoms with van der Waals surface area (Å²) in [6, 6.07) is 1.83. The summed E-state index contributed by atoms with van der Waals surface area (Å²) < 4.78 is 35.2. The van der Waals surface area contributed by atoms with Gasteiger partial charge in [-0.25, -0.2) is 9.59 Å². The molecular weight excluding hydrogens is 430 g/mol. The van der Waals surface area contributed by atoms with Gasteiger partial charge in [-0.2, -0.15) is 13.5 Å². The summed E-state index contributed by atoms with van der Waals surface area (Å²) in [4.78, 5) is 36.9. The van der Waals surface area contributed by atoms with Crippen LogP contribution in [0, 0.1) is 5.41 Å². The first-order valence-corrected chi connectivity index (χ1v) is 11.0. The molecule has 170 valence electrons. The highest BCUT2D eigenvalue weighted by atomic mass is 32.3. The van der Waals surface area contributed by atoms with Crippen LogP contribution in [0.3, 0.4) is 0 Å². The van der Waals surface area contributed by atoms with Crippen LogP contribution in [0.15, 0.2) is 18.2 Å². The fourth-order valence-corrected chi connectivity index (χ4v) is 4.59. The Bertz CT molecular complexity index is 1020. The number of rotatable bonds is 7. The Morgan fingerprint density at radius 3 is 2.52 bits per heavy atom. The third-order valence-electron chi connectivity index (χ3n) is 5.09. The highest BCUT2D eigenvalue weighted by molar-refractivity contribution is 7.82. The van der Waals surface area contributed by atoms with Crippen molar-refractivity contribution in [1.29, 1.82) is 0 Å². The third-order valence-corrected chi connectivity index (χ3v) is 5.81. The van der Waals surface area contributed by atoms with E-state index in [1.54, 1.807) is 0 Å². The second-order valence-electron chi connectivity index (χ2n) is 8.80. The highest BCUT2D eigenvalue weighted by Crippen LogP contribution is 2.33. The van der Waals surface area contributed by atoms with E-state index in [4.69, 9.17) is 14.2 Å². The number of aromatic carboxylic acids is 1. The fraction of sp³-hybridized carbons (Fsp3) is 0.526.